The number of rotatable bonds is 69. The minimum absolute atomic E-state index is 0.0658. The standard InChI is InChI=1S/C77H142O6/c1-4-7-10-13-15-17-19-21-23-25-27-29-31-33-34-35-36-37-38-39-40-41-42-44-45-47-49-51-53-55-57-59-61-64-67-70-76(79)82-73-74(72-81-75(78)69-66-63-12-9-6-3)83-77(80)71-68-65-62-60-58-56-54-52-50-48-46-43-32-30-28-26-24-22-20-18-16-14-11-8-5-2/h7,10,15,17,21,23,27,29,74H,4-6,8-9,11-14,16,18-20,22,24-26,28,30-73H2,1-3H3/b10-7-,17-15-,23-21-,29-27-. The maximum Gasteiger partial charge on any atom is 0.306 e. The predicted molar refractivity (Wildman–Crippen MR) is 362 cm³/mol. The van der Waals surface area contributed by atoms with Crippen molar-refractivity contribution in [1.29, 1.82) is 0 Å². The number of ether oxygens (including phenoxy) is 3. The Bertz CT molecular complexity index is 1430. The summed E-state index contributed by atoms with van der Waals surface area (Å²) in [4.78, 5) is 38.1. The summed E-state index contributed by atoms with van der Waals surface area (Å²) in [5, 5.41) is 0. The van der Waals surface area contributed by atoms with Crippen molar-refractivity contribution in [1.82, 2.24) is 0 Å². The van der Waals surface area contributed by atoms with E-state index in [1.54, 1.807) is 0 Å². The smallest absolute Gasteiger partial charge is 0.306 e. The predicted octanol–water partition coefficient (Wildman–Crippen LogP) is 25.7. The van der Waals surface area contributed by atoms with Gasteiger partial charge < -0.3 is 14.2 Å². The third kappa shape index (κ3) is 70.0. The fraction of sp³-hybridized carbons (Fsp3) is 0.857. The lowest BCUT2D eigenvalue weighted by Crippen LogP contribution is -2.30. The van der Waals surface area contributed by atoms with Gasteiger partial charge in [0, 0.05) is 19.3 Å². The van der Waals surface area contributed by atoms with Gasteiger partial charge >= 0.3 is 17.9 Å². The van der Waals surface area contributed by atoms with E-state index in [-0.39, 0.29) is 31.1 Å². The Hall–Kier alpha value is -2.63. The Kier molecular flexibility index (Phi) is 69.6. The number of esters is 3. The van der Waals surface area contributed by atoms with Crippen molar-refractivity contribution in [2.75, 3.05) is 13.2 Å². The maximum absolute atomic E-state index is 12.9. The van der Waals surface area contributed by atoms with Crippen LogP contribution in [0, 0.1) is 0 Å². The third-order valence-corrected chi connectivity index (χ3v) is 16.8. The van der Waals surface area contributed by atoms with Gasteiger partial charge in [0.25, 0.3) is 0 Å². The molecule has 0 aromatic rings. The van der Waals surface area contributed by atoms with E-state index in [0.717, 1.165) is 89.9 Å². The fourth-order valence-electron chi connectivity index (χ4n) is 11.3. The van der Waals surface area contributed by atoms with Crippen LogP contribution in [0.3, 0.4) is 0 Å². The Balaban J connectivity index is 3.86. The summed E-state index contributed by atoms with van der Waals surface area (Å²) in [7, 11) is 0. The number of carbonyl (C=O) groups is 3. The molecule has 0 saturated carbocycles. The van der Waals surface area contributed by atoms with Gasteiger partial charge in [-0.1, -0.05) is 378 Å². The maximum atomic E-state index is 12.9. The molecular formula is C77H142O6. The van der Waals surface area contributed by atoms with Crippen LogP contribution in [-0.2, 0) is 28.6 Å². The summed E-state index contributed by atoms with van der Waals surface area (Å²) < 4.78 is 16.8. The lowest BCUT2D eigenvalue weighted by molar-refractivity contribution is -0.167. The van der Waals surface area contributed by atoms with E-state index in [4.69, 9.17) is 14.2 Å². The van der Waals surface area contributed by atoms with Crippen molar-refractivity contribution < 1.29 is 28.6 Å². The molecule has 0 aliphatic carbocycles. The summed E-state index contributed by atoms with van der Waals surface area (Å²) >= 11 is 0. The second-order valence-electron chi connectivity index (χ2n) is 25.2. The molecule has 6 nitrogen and oxygen atoms in total. The Morgan fingerprint density at radius 1 is 0.253 bits per heavy atom. The summed E-state index contributed by atoms with van der Waals surface area (Å²) in [6, 6.07) is 0. The lowest BCUT2D eigenvalue weighted by atomic mass is 10.0. The lowest BCUT2D eigenvalue weighted by Gasteiger charge is -2.18. The van der Waals surface area contributed by atoms with Gasteiger partial charge in [-0.25, -0.2) is 0 Å². The van der Waals surface area contributed by atoms with Gasteiger partial charge in [-0.05, 0) is 57.8 Å². The largest absolute Gasteiger partial charge is 0.462 e. The van der Waals surface area contributed by atoms with Crippen LogP contribution in [0.2, 0.25) is 0 Å². The molecule has 1 atom stereocenters. The van der Waals surface area contributed by atoms with Crippen LogP contribution in [0.5, 0.6) is 0 Å². The highest BCUT2D eigenvalue weighted by Gasteiger charge is 2.19. The summed E-state index contributed by atoms with van der Waals surface area (Å²) in [6.45, 7) is 6.52. The van der Waals surface area contributed by atoms with Gasteiger partial charge in [0.2, 0.25) is 0 Å². The number of hydrogen-bond donors (Lipinski definition) is 0. The molecule has 0 radical (unpaired) electrons. The first kappa shape index (κ1) is 80.4. The molecule has 0 spiro atoms. The zero-order valence-corrected chi connectivity index (χ0v) is 56.0. The first-order valence-electron chi connectivity index (χ1n) is 37.1. The van der Waals surface area contributed by atoms with Crippen LogP contribution < -0.4 is 0 Å². The second kappa shape index (κ2) is 71.8. The quantitative estimate of drug-likeness (QED) is 0.0261. The highest BCUT2D eigenvalue weighted by Crippen LogP contribution is 2.19. The van der Waals surface area contributed by atoms with E-state index in [1.807, 2.05) is 0 Å². The molecule has 0 saturated heterocycles. The van der Waals surface area contributed by atoms with E-state index >= 15 is 0 Å². The zero-order chi connectivity index (χ0) is 59.9. The van der Waals surface area contributed by atoms with E-state index in [2.05, 4.69) is 69.4 Å². The molecule has 0 fully saturated rings. The van der Waals surface area contributed by atoms with Gasteiger partial charge in [0.15, 0.2) is 6.10 Å². The van der Waals surface area contributed by atoms with Crippen molar-refractivity contribution in [3.63, 3.8) is 0 Å². The van der Waals surface area contributed by atoms with E-state index < -0.39 is 6.10 Å². The number of carbonyl (C=O) groups excluding carboxylic acids is 3. The number of hydrogen-bond acceptors (Lipinski definition) is 6. The Morgan fingerprint density at radius 2 is 0.470 bits per heavy atom. The SMILES string of the molecule is CC/C=C\C/C=C\C/C=C\C/C=C\CCCCCCCCCCCCCCCCCCCCCCCCC(=O)OCC(COC(=O)CCCCCCC)OC(=O)CCCCCCCCCCCCCCCCCCCCCCCCCCC. The van der Waals surface area contributed by atoms with Crippen molar-refractivity contribution in [2.45, 2.75) is 412 Å². The molecule has 0 rings (SSSR count). The average Bonchev–Trinajstić information content (AvgIpc) is 3.49. The molecule has 6 heteroatoms. The van der Waals surface area contributed by atoms with Gasteiger partial charge in [-0.2, -0.15) is 0 Å². The Labute approximate surface area is 518 Å². The minimum Gasteiger partial charge on any atom is -0.462 e. The number of allylic oxidation sites excluding steroid dienone is 8. The zero-order valence-electron chi connectivity index (χ0n) is 56.0. The van der Waals surface area contributed by atoms with E-state index in [9.17, 15) is 14.4 Å². The van der Waals surface area contributed by atoms with Crippen LogP contribution in [0.25, 0.3) is 0 Å². The molecule has 0 heterocycles. The molecule has 1 unspecified atom stereocenters. The molecule has 486 valence electrons. The topological polar surface area (TPSA) is 78.9 Å². The van der Waals surface area contributed by atoms with E-state index in [0.29, 0.717) is 19.3 Å². The molecule has 0 aliphatic rings. The van der Waals surface area contributed by atoms with Gasteiger partial charge in [-0.15, -0.1) is 0 Å². The van der Waals surface area contributed by atoms with Crippen LogP contribution >= 0.6 is 0 Å². The first-order valence-corrected chi connectivity index (χ1v) is 37.1. The summed E-state index contributed by atoms with van der Waals surface area (Å²) in [6.07, 6.45) is 92.3. The normalized spacial score (nSPS) is 12.3. The molecule has 0 aromatic carbocycles. The molecule has 0 N–H and O–H groups in total. The molecular weight excluding hydrogens is 1020 g/mol. The molecule has 0 bridgehead atoms. The van der Waals surface area contributed by atoms with Gasteiger partial charge in [0.1, 0.15) is 13.2 Å². The highest BCUT2D eigenvalue weighted by atomic mass is 16.6. The van der Waals surface area contributed by atoms with Crippen molar-refractivity contribution in [2.24, 2.45) is 0 Å². The van der Waals surface area contributed by atoms with Crippen molar-refractivity contribution in [3.05, 3.63) is 48.6 Å². The second-order valence-corrected chi connectivity index (χ2v) is 25.2. The first-order chi connectivity index (χ1) is 41.0. The molecule has 0 aromatic heterocycles. The molecule has 0 aliphatic heterocycles. The molecule has 0 amide bonds. The summed E-state index contributed by atoms with van der Waals surface area (Å²) in [5.74, 6) is -0.850. The van der Waals surface area contributed by atoms with Gasteiger partial charge in [-0.3, -0.25) is 14.4 Å². The number of unbranched alkanes of at least 4 members (excludes halogenated alkanes) is 50. The Morgan fingerprint density at radius 3 is 0.735 bits per heavy atom. The van der Waals surface area contributed by atoms with Crippen molar-refractivity contribution in [3.8, 4) is 0 Å². The van der Waals surface area contributed by atoms with Gasteiger partial charge in [0.05, 0.1) is 0 Å². The average molecular weight is 1160 g/mol. The fourth-order valence-corrected chi connectivity index (χ4v) is 11.3. The van der Waals surface area contributed by atoms with Crippen LogP contribution in [0.1, 0.15) is 406 Å². The van der Waals surface area contributed by atoms with Crippen LogP contribution in [0.15, 0.2) is 48.6 Å². The highest BCUT2D eigenvalue weighted by molar-refractivity contribution is 5.71. The van der Waals surface area contributed by atoms with E-state index in [1.165, 1.54) is 276 Å². The third-order valence-electron chi connectivity index (χ3n) is 16.8. The van der Waals surface area contributed by atoms with Crippen molar-refractivity contribution >= 4 is 17.9 Å². The molecule has 83 heavy (non-hydrogen) atoms. The van der Waals surface area contributed by atoms with Crippen LogP contribution in [-0.4, -0.2) is 37.2 Å². The minimum atomic E-state index is -0.765. The summed E-state index contributed by atoms with van der Waals surface area (Å²) in [5.41, 5.74) is 0. The monoisotopic (exact) mass is 1160 g/mol. The van der Waals surface area contributed by atoms with Crippen LogP contribution in [0.4, 0.5) is 0 Å².